The van der Waals surface area contributed by atoms with Crippen LogP contribution >= 0.6 is 11.6 Å². The Morgan fingerprint density at radius 1 is 1.21 bits per heavy atom. The Kier molecular flexibility index (Phi) is 5.65. The van der Waals surface area contributed by atoms with E-state index in [1.807, 2.05) is 6.07 Å². The molecule has 0 spiro atoms. The molecule has 0 aliphatic heterocycles. The summed E-state index contributed by atoms with van der Waals surface area (Å²) in [7, 11) is 0. The summed E-state index contributed by atoms with van der Waals surface area (Å²) in [5, 5.41) is 3.86. The lowest BCUT2D eigenvalue weighted by Gasteiger charge is -2.26. The molecule has 1 aromatic rings. The average Bonchev–Trinajstić information content (AvgIpc) is 2.36. The molecule has 1 saturated carbocycles. The largest absolute Gasteiger partial charge is 0.313 e. The monoisotopic (exact) mass is 283 g/mol. The van der Waals surface area contributed by atoms with Crippen molar-refractivity contribution in [2.24, 2.45) is 11.8 Å². The fourth-order valence-corrected chi connectivity index (χ4v) is 3.11. The quantitative estimate of drug-likeness (QED) is 0.767. The van der Waals surface area contributed by atoms with Gasteiger partial charge in [-0.15, -0.1) is 0 Å². The number of nitrogens with one attached hydrogen (secondary N) is 1. The maximum atomic E-state index is 13.2. The second kappa shape index (κ2) is 7.25. The van der Waals surface area contributed by atoms with E-state index in [0.717, 1.165) is 23.9 Å². The van der Waals surface area contributed by atoms with Gasteiger partial charge in [0.05, 0.1) is 0 Å². The van der Waals surface area contributed by atoms with Crippen molar-refractivity contribution in [1.29, 1.82) is 0 Å². The minimum Gasteiger partial charge on any atom is -0.313 e. The van der Waals surface area contributed by atoms with Crippen molar-refractivity contribution in [3.05, 3.63) is 34.6 Å². The van der Waals surface area contributed by atoms with Crippen molar-refractivity contribution in [3.8, 4) is 0 Å². The number of benzene rings is 1. The number of hydrogen-bond acceptors (Lipinski definition) is 1. The van der Waals surface area contributed by atoms with Gasteiger partial charge in [0, 0.05) is 11.6 Å². The van der Waals surface area contributed by atoms with Crippen molar-refractivity contribution in [1.82, 2.24) is 5.32 Å². The Balaban J connectivity index is 1.66. The number of hydrogen-bond donors (Lipinski definition) is 1. The standard InChI is InChI=1S/C16H23ClFN/c1-12-2-4-13(5-3-12)6-7-19-11-14-8-15(17)10-16(18)9-14/h8-10,12-13,19H,2-7,11H2,1H3. The van der Waals surface area contributed by atoms with Gasteiger partial charge in [-0.25, -0.2) is 4.39 Å². The van der Waals surface area contributed by atoms with E-state index in [4.69, 9.17) is 11.6 Å². The number of halogens is 2. The van der Waals surface area contributed by atoms with Crippen LogP contribution in [0.15, 0.2) is 18.2 Å². The summed E-state index contributed by atoms with van der Waals surface area (Å²) in [4.78, 5) is 0. The zero-order valence-corrected chi connectivity index (χ0v) is 12.3. The van der Waals surface area contributed by atoms with Gasteiger partial charge in [-0.1, -0.05) is 44.2 Å². The van der Waals surface area contributed by atoms with Gasteiger partial charge in [0.15, 0.2) is 0 Å². The highest BCUT2D eigenvalue weighted by Crippen LogP contribution is 2.29. The second-order valence-corrected chi connectivity index (χ2v) is 6.31. The highest BCUT2D eigenvalue weighted by atomic mass is 35.5. The summed E-state index contributed by atoms with van der Waals surface area (Å²) in [6.45, 7) is 4.05. The first-order valence-electron chi connectivity index (χ1n) is 7.29. The van der Waals surface area contributed by atoms with E-state index in [0.29, 0.717) is 11.6 Å². The Labute approximate surface area is 120 Å². The van der Waals surface area contributed by atoms with Crippen molar-refractivity contribution in [3.63, 3.8) is 0 Å². The SMILES string of the molecule is CC1CCC(CCNCc2cc(F)cc(Cl)c2)CC1. The minimum atomic E-state index is -0.259. The Hall–Kier alpha value is -0.600. The van der Waals surface area contributed by atoms with E-state index in [1.165, 1.54) is 38.2 Å². The molecule has 0 unspecified atom stereocenters. The van der Waals surface area contributed by atoms with Gasteiger partial charge < -0.3 is 5.32 Å². The first-order valence-corrected chi connectivity index (χ1v) is 7.67. The summed E-state index contributed by atoms with van der Waals surface area (Å²) < 4.78 is 13.2. The first kappa shape index (κ1) is 14.8. The molecule has 1 aromatic carbocycles. The fraction of sp³-hybridized carbons (Fsp3) is 0.625. The Bertz CT molecular complexity index is 379. The molecule has 0 aromatic heterocycles. The maximum absolute atomic E-state index is 13.2. The molecule has 0 amide bonds. The molecule has 1 nitrogen and oxygen atoms in total. The third-order valence-electron chi connectivity index (χ3n) is 4.12. The number of rotatable bonds is 5. The van der Waals surface area contributed by atoms with Crippen molar-refractivity contribution >= 4 is 11.6 Å². The fourth-order valence-electron chi connectivity index (χ4n) is 2.87. The van der Waals surface area contributed by atoms with E-state index < -0.39 is 0 Å². The highest BCUT2D eigenvalue weighted by Gasteiger charge is 2.17. The van der Waals surface area contributed by atoms with Crippen LogP contribution in [0.5, 0.6) is 0 Å². The molecule has 0 bridgehead atoms. The Morgan fingerprint density at radius 3 is 2.63 bits per heavy atom. The molecular weight excluding hydrogens is 261 g/mol. The van der Waals surface area contributed by atoms with Crippen LogP contribution < -0.4 is 5.32 Å². The van der Waals surface area contributed by atoms with Crippen LogP contribution in [-0.4, -0.2) is 6.54 Å². The van der Waals surface area contributed by atoms with Gasteiger partial charge >= 0.3 is 0 Å². The van der Waals surface area contributed by atoms with Gasteiger partial charge in [-0.2, -0.15) is 0 Å². The molecule has 1 aliphatic carbocycles. The second-order valence-electron chi connectivity index (χ2n) is 5.87. The van der Waals surface area contributed by atoms with E-state index in [9.17, 15) is 4.39 Å². The summed E-state index contributed by atoms with van der Waals surface area (Å²) in [6.07, 6.45) is 6.73. The maximum Gasteiger partial charge on any atom is 0.125 e. The predicted molar refractivity (Wildman–Crippen MR) is 78.9 cm³/mol. The van der Waals surface area contributed by atoms with Crippen molar-refractivity contribution in [2.45, 2.75) is 45.6 Å². The van der Waals surface area contributed by atoms with Gasteiger partial charge in [0.1, 0.15) is 5.82 Å². The van der Waals surface area contributed by atoms with Crippen LogP contribution in [-0.2, 0) is 6.54 Å². The third kappa shape index (κ3) is 5.12. The summed E-state index contributed by atoms with van der Waals surface area (Å²) >= 11 is 5.83. The summed E-state index contributed by atoms with van der Waals surface area (Å²) in [5.74, 6) is 1.53. The molecule has 2 rings (SSSR count). The smallest absolute Gasteiger partial charge is 0.125 e. The highest BCUT2D eigenvalue weighted by molar-refractivity contribution is 6.30. The van der Waals surface area contributed by atoms with Crippen LogP contribution in [0.2, 0.25) is 5.02 Å². The molecule has 0 saturated heterocycles. The van der Waals surface area contributed by atoms with Crippen LogP contribution in [0.4, 0.5) is 4.39 Å². The lowest BCUT2D eigenvalue weighted by Crippen LogP contribution is -2.20. The summed E-state index contributed by atoms with van der Waals surface area (Å²) in [5.41, 5.74) is 0.919. The van der Waals surface area contributed by atoms with Gasteiger partial charge in [-0.3, -0.25) is 0 Å². The van der Waals surface area contributed by atoms with Crippen LogP contribution in [0, 0.1) is 17.7 Å². The first-order chi connectivity index (χ1) is 9.13. The molecule has 19 heavy (non-hydrogen) atoms. The van der Waals surface area contributed by atoms with Crippen LogP contribution in [0.1, 0.15) is 44.6 Å². The average molecular weight is 284 g/mol. The predicted octanol–water partition coefficient (Wildman–Crippen LogP) is 4.79. The molecule has 1 fully saturated rings. The van der Waals surface area contributed by atoms with E-state index in [-0.39, 0.29) is 5.82 Å². The van der Waals surface area contributed by atoms with Crippen molar-refractivity contribution < 1.29 is 4.39 Å². The summed E-state index contributed by atoms with van der Waals surface area (Å²) in [6, 6.07) is 4.70. The topological polar surface area (TPSA) is 12.0 Å². The Morgan fingerprint density at radius 2 is 1.95 bits per heavy atom. The normalized spacial score (nSPS) is 23.5. The van der Waals surface area contributed by atoms with E-state index in [1.54, 1.807) is 6.07 Å². The van der Waals surface area contributed by atoms with E-state index >= 15 is 0 Å². The van der Waals surface area contributed by atoms with Crippen LogP contribution in [0.25, 0.3) is 0 Å². The lowest BCUT2D eigenvalue weighted by molar-refractivity contribution is 0.275. The molecule has 0 atom stereocenters. The molecule has 1 N–H and O–H groups in total. The lowest BCUT2D eigenvalue weighted by atomic mass is 9.81. The zero-order valence-electron chi connectivity index (χ0n) is 11.6. The molecule has 1 aliphatic rings. The van der Waals surface area contributed by atoms with E-state index in [2.05, 4.69) is 12.2 Å². The van der Waals surface area contributed by atoms with Gasteiger partial charge in [0.2, 0.25) is 0 Å². The van der Waals surface area contributed by atoms with Gasteiger partial charge in [0.25, 0.3) is 0 Å². The molecule has 3 heteroatoms. The zero-order chi connectivity index (χ0) is 13.7. The molecule has 106 valence electrons. The van der Waals surface area contributed by atoms with Gasteiger partial charge in [-0.05, 0) is 48.6 Å². The van der Waals surface area contributed by atoms with Crippen molar-refractivity contribution in [2.75, 3.05) is 6.54 Å². The molecule has 0 heterocycles. The molecule has 0 radical (unpaired) electrons. The third-order valence-corrected chi connectivity index (χ3v) is 4.33. The minimum absolute atomic E-state index is 0.259. The van der Waals surface area contributed by atoms with Crippen LogP contribution in [0.3, 0.4) is 0 Å². The molecular formula is C16H23ClFN.